The summed E-state index contributed by atoms with van der Waals surface area (Å²) in [6.07, 6.45) is 2.27. The van der Waals surface area contributed by atoms with Crippen LogP contribution in [-0.4, -0.2) is 42.5 Å². The van der Waals surface area contributed by atoms with Gasteiger partial charge in [-0.05, 0) is 37.0 Å². The highest BCUT2D eigenvalue weighted by atomic mass is 32.2. The molecule has 4 amide bonds. The molecule has 0 aromatic heterocycles. The maximum Gasteiger partial charge on any atom is 0.312 e. The molecule has 0 bridgehead atoms. The molecule has 0 aliphatic carbocycles. The highest BCUT2D eigenvalue weighted by Gasteiger charge is 2.19. The molecular weight excluding hydrogens is 332 g/mol. The third kappa shape index (κ3) is 7.23. The van der Waals surface area contributed by atoms with Crippen LogP contribution in [0, 0.1) is 6.92 Å². The fraction of sp³-hybridized carbons (Fsp3) is 0.400. The number of hydrogen-bond acceptors (Lipinski definition) is 5. The lowest BCUT2D eigenvalue weighted by Crippen LogP contribution is -2.54. The smallest absolute Gasteiger partial charge is 0.312 e. The second-order valence-electron chi connectivity index (χ2n) is 4.93. The molecule has 0 radical (unpaired) electrons. The first-order chi connectivity index (χ1) is 11.4. The van der Waals surface area contributed by atoms with E-state index in [1.54, 1.807) is 12.1 Å². The van der Waals surface area contributed by atoms with Gasteiger partial charge < -0.3 is 15.8 Å². The van der Waals surface area contributed by atoms with Gasteiger partial charge in [0.2, 0.25) is 0 Å². The Labute approximate surface area is 144 Å². The van der Waals surface area contributed by atoms with Gasteiger partial charge in [-0.2, -0.15) is 11.8 Å². The van der Waals surface area contributed by atoms with Gasteiger partial charge in [-0.3, -0.25) is 20.4 Å². The van der Waals surface area contributed by atoms with Crippen LogP contribution >= 0.6 is 11.8 Å². The molecule has 0 unspecified atom stereocenters. The van der Waals surface area contributed by atoms with Crippen molar-refractivity contribution in [1.82, 2.24) is 16.2 Å². The summed E-state index contributed by atoms with van der Waals surface area (Å²) in [4.78, 5) is 34.6. The number of nitrogens with two attached hydrogens (primary N) is 1. The number of aryl methyl sites for hydroxylation is 1. The molecular formula is C15H22N4O4S. The van der Waals surface area contributed by atoms with Crippen LogP contribution in [0.15, 0.2) is 24.3 Å². The van der Waals surface area contributed by atoms with Gasteiger partial charge in [-0.1, -0.05) is 18.2 Å². The number of primary amides is 1. The minimum absolute atomic E-state index is 0.246. The lowest BCUT2D eigenvalue weighted by molar-refractivity contribution is -0.130. The van der Waals surface area contributed by atoms with Crippen LogP contribution in [0.2, 0.25) is 0 Å². The Morgan fingerprint density at radius 1 is 1.25 bits per heavy atom. The van der Waals surface area contributed by atoms with Crippen molar-refractivity contribution in [2.75, 3.05) is 18.6 Å². The Hall–Kier alpha value is -2.42. The molecule has 1 rings (SSSR count). The van der Waals surface area contributed by atoms with Crippen LogP contribution in [0.1, 0.15) is 12.0 Å². The van der Waals surface area contributed by atoms with Crippen molar-refractivity contribution in [2.45, 2.75) is 19.4 Å². The van der Waals surface area contributed by atoms with E-state index in [0.29, 0.717) is 17.9 Å². The average molecular weight is 354 g/mol. The molecule has 0 aliphatic heterocycles. The molecule has 0 spiro atoms. The zero-order valence-corrected chi connectivity index (χ0v) is 14.4. The van der Waals surface area contributed by atoms with Crippen molar-refractivity contribution in [3.63, 3.8) is 0 Å². The number of ether oxygens (including phenoxy) is 1. The summed E-state index contributed by atoms with van der Waals surface area (Å²) in [5, 5.41) is 2.33. The summed E-state index contributed by atoms with van der Waals surface area (Å²) in [6.45, 7) is 1.62. The van der Waals surface area contributed by atoms with E-state index in [2.05, 4.69) is 16.2 Å². The van der Waals surface area contributed by atoms with Gasteiger partial charge in [-0.25, -0.2) is 4.79 Å². The number of hydrogen-bond donors (Lipinski definition) is 4. The zero-order valence-electron chi connectivity index (χ0n) is 13.6. The number of urea groups is 1. The molecule has 0 fully saturated rings. The maximum absolute atomic E-state index is 12.0. The van der Waals surface area contributed by atoms with Crippen LogP contribution < -0.4 is 26.6 Å². The van der Waals surface area contributed by atoms with Crippen molar-refractivity contribution in [3.8, 4) is 5.75 Å². The van der Waals surface area contributed by atoms with E-state index in [9.17, 15) is 14.4 Å². The lowest BCUT2D eigenvalue weighted by Gasteiger charge is -2.17. The molecule has 1 atom stereocenters. The normalized spacial score (nSPS) is 11.2. The first-order valence-corrected chi connectivity index (χ1v) is 8.65. The van der Waals surface area contributed by atoms with E-state index >= 15 is 0 Å². The average Bonchev–Trinajstić information content (AvgIpc) is 2.55. The molecule has 8 nitrogen and oxygen atoms in total. The second-order valence-corrected chi connectivity index (χ2v) is 5.92. The molecule has 0 saturated heterocycles. The Balaban J connectivity index is 2.42. The molecule has 0 aliphatic rings. The molecule has 1 aromatic rings. The third-order valence-corrected chi connectivity index (χ3v) is 3.67. The summed E-state index contributed by atoms with van der Waals surface area (Å²) in [6, 6.07) is 5.66. The fourth-order valence-electron chi connectivity index (χ4n) is 1.79. The molecule has 0 saturated carbocycles. The first kappa shape index (κ1) is 19.6. The Kier molecular flexibility index (Phi) is 8.48. The number of amides is 4. The van der Waals surface area contributed by atoms with Crippen LogP contribution in [0.4, 0.5) is 4.79 Å². The summed E-state index contributed by atoms with van der Waals surface area (Å²) in [5.41, 5.74) is 10.4. The van der Waals surface area contributed by atoms with Crippen LogP contribution in [0.3, 0.4) is 0 Å². The molecule has 9 heteroatoms. The van der Waals surface area contributed by atoms with Gasteiger partial charge in [0.05, 0.1) is 0 Å². The number of carbonyl (C=O) groups is 3. The van der Waals surface area contributed by atoms with Crippen LogP contribution in [0.25, 0.3) is 0 Å². The zero-order chi connectivity index (χ0) is 17.9. The molecule has 132 valence electrons. The number of nitrogens with one attached hydrogen (secondary N) is 3. The number of hydrazine groups is 1. The Bertz CT molecular complexity index is 582. The first-order valence-electron chi connectivity index (χ1n) is 7.26. The quantitative estimate of drug-likeness (QED) is 0.501. The summed E-state index contributed by atoms with van der Waals surface area (Å²) < 4.78 is 5.36. The summed E-state index contributed by atoms with van der Waals surface area (Å²) >= 11 is 1.53. The SMILES string of the molecule is CSCC[C@H](NC(N)=O)C(=O)NNC(=O)COc1ccccc1C. The summed E-state index contributed by atoms with van der Waals surface area (Å²) in [7, 11) is 0. The number of rotatable bonds is 8. The van der Waals surface area contributed by atoms with E-state index in [1.165, 1.54) is 11.8 Å². The fourth-order valence-corrected chi connectivity index (χ4v) is 2.26. The highest BCUT2D eigenvalue weighted by molar-refractivity contribution is 7.98. The van der Waals surface area contributed by atoms with E-state index in [1.807, 2.05) is 25.3 Å². The standard InChI is InChI=1S/C15H22N4O4S/c1-10-5-3-4-6-12(10)23-9-13(20)18-19-14(21)11(7-8-24-2)17-15(16)22/h3-6,11H,7-9H2,1-2H3,(H,18,20)(H,19,21)(H3,16,17,22)/t11-/m0/s1. The third-order valence-electron chi connectivity index (χ3n) is 3.02. The van der Waals surface area contributed by atoms with Gasteiger partial charge in [0.1, 0.15) is 11.8 Å². The summed E-state index contributed by atoms with van der Waals surface area (Å²) in [5.74, 6) is 0.177. The number of benzene rings is 1. The monoisotopic (exact) mass is 354 g/mol. The van der Waals surface area contributed by atoms with Gasteiger partial charge in [0.15, 0.2) is 6.61 Å². The minimum Gasteiger partial charge on any atom is -0.483 e. The number of thioether (sulfide) groups is 1. The van der Waals surface area contributed by atoms with Gasteiger partial charge in [0, 0.05) is 0 Å². The predicted octanol–water partition coefficient (Wildman–Crippen LogP) is 0.311. The second kappa shape index (κ2) is 10.4. The Morgan fingerprint density at radius 3 is 2.58 bits per heavy atom. The Morgan fingerprint density at radius 2 is 1.96 bits per heavy atom. The topological polar surface area (TPSA) is 123 Å². The number of carbonyl (C=O) groups excluding carboxylic acids is 3. The van der Waals surface area contributed by atoms with Crippen molar-refractivity contribution >= 4 is 29.6 Å². The molecule has 0 heterocycles. The van der Waals surface area contributed by atoms with Gasteiger partial charge >= 0.3 is 6.03 Å². The lowest BCUT2D eigenvalue weighted by atomic mass is 10.2. The van der Waals surface area contributed by atoms with E-state index in [-0.39, 0.29) is 6.61 Å². The minimum atomic E-state index is -0.812. The van der Waals surface area contributed by atoms with E-state index in [0.717, 1.165) is 5.56 Å². The molecule has 5 N–H and O–H groups in total. The molecule has 24 heavy (non-hydrogen) atoms. The van der Waals surface area contributed by atoms with Crippen molar-refractivity contribution in [1.29, 1.82) is 0 Å². The predicted molar refractivity (Wildman–Crippen MR) is 92.5 cm³/mol. The van der Waals surface area contributed by atoms with Crippen molar-refractivity contribution in [2.24, 2.45) is 5.73 Å². The van der Waals surface area contributed by atoms with E-state index in [4.69, 9.17) is 10.5 Å². The van der Waals surface area contributed by atoms with E-state index < -0.39 is 23.9 Å². The maximum atomic E-state index is 12.0. The van der Waals surface area contributed by atoms with Crippen LogP contribution in [0.5, 0.6) is 5.75 Å². The largest absolute Gasteiger partial charge is 0.483 e. The number of para-hydroxylation sites is 1. The van der Waals surface area contributed by atoms with Crippen molar-refractivity contribution in [3.05, 3.63) is 29.8 Å². The highest BCUT2D eigenvalue weighted by Crippen LogP contribution is 2.15. The van der Waals surface area contributed by atoms with Crippen molar-refractivity contribution < 1.29 is 19.1 Å². The van der Waals surface area contributed by atoms with Gasteiger partial charge in [-0.15, -0.1) is 0 Å². The molecule has 1 aromatic carbocycles. The van der Waals surface area contributed by atoms with Crippen LogP contribution in [-0.2, 0) is 9.59 Å². The van der Waals surface area contributed by atoms with Gasteiger partial charge in [0.25, 0.3) is 11.8 Å².